The number of unbranched alkanes of at least 4 members (excludes halogenated alkanes) is 7. The zero-order valence-corrected chi connectivity index (χ0v) is 74.9. The van der Waals surface area contributed by atoms with E-state index in [1.807, 2.05) is 47.0 Å². The van der Waals surface area contributed by atoms with Crippen LogP contribution in [-0.2, 0) is 19.5 Å². The average Bonchev–Trinajstić information content (AvgIpc) is 1.60. The molecule has 8 bridgehead atoms. The maximum atomic E-state index is 5.52. The first-order valence-electron chi connectivity index (χ1n) is 35.2. The molecule has 2 aliphatic heterocycles. The molecule has 5 heterocycles. The van der Waals surface area contributed by atoms with Crippen molar-refractivity contribution in [1.29, 1.82) is 0 Å². The first-order chi connectivity index (χ1) is 44.1. The molecule has 0 aliphatic carbocycles. The maximum absolute atomic E-state index is 5.52. The molecule has 3 aromatic heterocycles. The van der Waals surface area contributed by atoms with Crippen LogP contribution in [0.3, 0.4) is 0 Å². The topological polar surface area (TPSA) is 106 Å². The Hall–Kier alpha value is -0.977. The summed E-state index contributed by atoms with van der Waals surface area (Å²) in [7, 11) is 9.83. The number of halogens is 4. The summed E-state index contributed by atoms with van der Waals surface area (Å²) in [5.74, 6) is 6.49. The van der Waals surface area contributed by atoms with Crippen molar-refractivity contribution in [3.05, 3.63) is 72.8 Å². The van der Waals surface area contributed by atoms with Crippen LogP contribution in [0.5, 0.6) is 0 Å². The number of rotatable bonds is 39. The van der Waals surface area contributed by atoms with Gasteiger partial charge in [-0.2, -0.15) is 0 Å². The third-order valence-corrected chi connectivity index (χ3v) is 23.2. The number of aromatic nitrogens is 8. The summed E-state index contributed by atoms with van der Waals surface area (Å²) in [5.41, 5.74) is 6.18. The van der Waals surface area contributed by atoms with Gasteiger partial charge < -0.3 is 144 Å². The van der Waals surface area contributed by atoms with Crippen LogP contribution in [0, 0.1) is 0 Å². The minimum absolute atomic E-state index is 0. The molecule has 4 aromatic carbocycles. The fourth-order valence-electron chi connectivity index (χ4n) is 13.1. The van der Waals surface area contributed by atoms with Crippen LogP contribution in [0.15, 0.2) is 92.4 Å². The Kier molecular flexibility index (Phi) is 38.9. The molecule has 0 saturated heterocycles. The molecule has 9 rings (SSSR count). The molecule has 0 spiro atoms. The van der Waals surface area contributed by atoms with Gasteiger partial charge in [0.1, 0.15) is 0 Å². The van der Waals surface area contributed by atoms with Crippen molar-refractivity contribution in [2.75, 3.05) is 130 Å². The molecule has 0 amide bonds. The predicted molar refractivity (Wildman–Crippen MR) is 395 cm³/mol. The van der Waals surface area contributed by atoms with E-state index in [2.05, 4.69) is 156 Å². The van der Waals surface area contributed by atoms with Crippen LogP contribution >= 0.6 is 47.0 Å². The second-order valence-electron chi connectivity index (χ2n) is 27.3. The molecule has 0 fully saturated rings. The number of quaternary nitrogens is 4. The molecule has 1 unspecified atom stereocenters. The van der Waals surface area contributed by atoms with Crippen molar-refractivity contribution in [3.8, 4) is 45.6 Å². The first kappa shape index (κ1) is 87.4. The summed E-state index contributed by atoms with van der Waals surface area (Å²) in [4.78, 5) is 48.5. The number of nitrogens with zero attached hydrogens (tertiary/aromatic N) is 12. The van der Waals surface area contributed by atoms with E-state index in [4.69, 9.17) is 39.9 Å². The minimum Gasteiger partial charge on any atom is -1.00 e. The largest absolute Gasteiger partial charge is 2.00 e. The van der Waals surface area contributed by atoms with Crippen LogP contribution in [-0.4, -0.2) is 178 Å². The zero-order chi connectivity index (χ0) is 64.4. The van der Waals surface area contributed by atoms with Crippen LogP contribution in [0.25, 0.3) is 89.7 Å². The van der Waals surface area contributed by atoms with E-state index < -0.39 is 0 Å². The number of benzene rings is 4. The molecule has 7 aromatic rings. The van der Waals surface area contributed by atoms with E-state index in [0.717, 1.165) is 111 Å². The van der Waals surface area contributed by atoms with E-state index in [1.165, 1.54) is 168 Å². The Balaban J connectivity index is 0.00000392. The SMILES string of the molecule is CCCC[N+](C)(CCC)CCSc1ccc2c(c1)-c1nc-2nc2[n-]c(nc3nc(nc4[n-]c(n1)c1ccc(SCC[N+](C)(CCCC)CCCC)cc41)-c1ccc(SCC[N+](C)(CCCC)CCCC)cc1-3)c1ccc(SCC[N+](C)(CCCC)CCCC)cc21.[I-].[I-].[I-].[I-].[Zn+2]. The van der Waals surface area contributed by atoms with E-state index in [1.54, 1.807) is 0 Å². The Morgan fingerprint density at radius 2 is 0.531 bits per heavy atom. The molecule has 96 heavy (non-hydrogen) atoms. The Morgan fingerprint density at radius 3 is 0.812 bits per heavy atom. The molecule has 0 radical (unpaired) electrons. The van der Waals surface area contributed by atoms with Crippen molar-refractivity contribution in [3.63, 3.8) is 0 Å². The van der Waals surface area contributed by atoms with Crippen LogP contribution in [0.1, 0.15) is 152 Å². The summed E-state index contributed by atoms with van der Waals surface area (Å²) in [5, 5.41) is 3.79. The minimum atomic E-state index is 0. The molecule has 0 N–H and O–H groups in total. The molecule has 524 valence electrons. The summed E-state index contributed by atoms with van der Waals surface area (Å²) in [6, 6.07) is 27.0. The van der Waals surface area contributed by atoms with Crippen molar-refractivity contribution in [2.45, 2.75) is 171 Å². The van der Waals surface area contributed by atoms with E-state index >= 15 is 0 Å². The van der Waals surface area contributed by atoms with Gasteiger partial charge in [-0.3, -0.25) is 0 Å². The quantitative estimate of drug-likeness (QED) is 0.0187. The fraction of sp³-hybridized carbons (Fsp3) is 0.573. The van der Waals surface area contributed by atoms with Crippen molar-refractivity contribution in [1.82, 2.24) is 39.9 Å². The van der Waals surface area contributed by atoms with Gasteiger partial charge in [0.05, 0.1) is 130 Å². The van der Waals surface area contributed by atoms with Crippen LogP contribution in [0.4, 0.5) is 0 Å². The first-order valence-corrected chi connectivity index (χ1v) is 39.2. The normalized spacial score (nSPS) is 12.7. The Labute approximate surface area is 676 Å². The summed E-state index contributed by atoms with van der Waals surface area (Å²) >= 11 is 7.73. The van der Waals surface area contributed by atoms with Gasteiger partial charge in [-0.25, -0.2) is 9.97 Å². The number of fused-ring (bicyclic) bond motifs is 20. The van der Waals surface area contributed by atoms with Crippen molar-refractivity contribution in [2.24, 2.45) is 0 Å². The average molecular weight is 1880 g/mol. The molecular weight excluding hydrogens is 1770 g/mol. The predicted octanol–water partition coefficient (Wildman–Crippen LogP) is 6.31. The van der Waals surface area contributed by atoms with Gasteiger partial charge >= 0.3 is 19.5 Å². The van der Waals surface area contributed by atoms with Gasteiger partial charge in [-0.1, -0.05) is 125 Å². The molecule has 2 aliphatic rings. The molecular formula is C75H110I4N12S4Zn. The second kappa shape index (κ2) is 42.7. The Bertz CT molecular complexity index is 3640. The van der Waals surface area contributed by atoms with Crippen molar-refractivity contribution >= 4 is 91.2 Å². The van der Waals surface area contributed by atoms with E-state index in [-0.39, 0.29) is 115 Å². The zero-order valence-electron chi connectivity index (χ0n) is 60.1. The third-order valence-electron chi connectivity index (χ3n) is 19.3. The molecule has 1 atom stereocenters. The maximum Gasteiger partial charge on any atom is 2.00 e. The smallest absolute Gasteiger partial charge is 1.00 e. The van der Waals surface area contributed by atoms with E-state index in [9.17, 15) is 0 Å². The van der Waals surface area contributed by atoms with Gasteiger partial charge in [-0.05, 0) is 121 Å². The molecule has 0 saturated carbocycles. The van der Waals surface area contributed by atoms with Crippen LogP contribution < -0.4 is 106 Å². The van der Waals surface area contributed by atoms with Gasteiger partial charge in [0, 0.05) is 87.4 Å². The molecule has 21 heteroatoms. The van der Waals surface area contributed by atoms with E-state index in [0.29, 0.717) is 45.9 Å². The number of hydrogen-bond acceptors (Lipinski definition) is 10. The Morgan fingerprint density at radius 1 is 0.281 bits per heavy atom. The third kappa shape index (κ3) is 23.8. The summed E-state index contributed by atoms with van der Waals surface area (Å²) < 4.78 is 4.43. The molecule has 12 nitrogen and oxygen atoms in total. The van der Waals surface area contributed by atoms with Crippen LogP contribution in [0.2, 0.25) is 0 Å². The van der Waals surface area contributed by atoms with Crippen molar-refractivity contribution < 1.29 is 133 Å². The summed E-state index contributed by atoms with van der Waals surface area (Å²) in [6.07, 6.45) is 18.5. The monoisotopic (exact) mass is 1880 g/mol. The standard InChI is InChI=1S/C75H110N12S4.4HI.Zn/c1-13-21-37-84(9,36-20-8)44-48-88-56-28-32-60-64(52-56)72-76-68(60)78-73-66-54-58(90-50-46-86(11,40-24-16-4)41-25-17-5)30-34-62(66)70(80-73)82-75-67-55-59(91-51-47-87(12,42-26-18-6)43-27-19-7)31-35-63(67)71(83-75)81-74-65-53-57(29-33-61(65)69(77-72)79-74)89-49-45-85(10,38-22-14-2)39-23-15-3;;;;;/h28-35,52-55H,13-27,36-51H2,1-12H3;4*1H;/q+2;;;;;+2/p-4. The number of hydrogen-bond donors (Lipinski definition) is 0. The number of thioether (sulfide) groups is 4. The van der Waals surface area contributed by atoms with Gasteiger partial charge in [0.15, 0.2) is 0 Å². The van der Waals surface area contributed by atoms with Gasteiger partial charge in [-0.15, -0.1) is 47.0 Å². The fourth-order valence-corrected chi connectivity index (χ4v) is 17.7. The summed E-state index contributed by atoms with van der Waals surface area (Å²) in [6.45, 7) is 32.7. The van der Waals surface area contributed by atoms with Gasteiger partial charge in [0.2, 0.25) is 0 Å². The second-order valence-corrected chi connectivity index (χ2v) is 32.0. The van der Waals surface area contributed by atoms with Gasteiger partial charge in [0.25, 0.3) is 0 Å².